The van der Waals surface area contributed by atoms with Crippen molar-refractivity contribution in [1.29, 1.82) is 0 Å². The van der Waals surface area contributed by atoms with Crippen LogP contribution in [0.2, 0.25) is 0 Å². The summed E-state index contributed by atoms with van der Waals surface area (Å²) in [4.78, 5) is 26.2. The molecule has 1 amide bonds. The minimum Gasteiger partial charge on any atom is -0.462 e. The van der Waals surface area contributed by atoms with Crippen LogP contribution in [0.25, 0.3) is 0 Å². The van der Waals surface area contributed by atoms with Crippen LogP contribution in [0.4, 0.5) is 0 Å². The Kier molecular flexibility index (Phi) is 49.6. The summed E-state index contributed by atoms with van der Waals surface area (Å²) in [5.74, 6) is -0.543. The number of ether oxygens (including phenoxy) is 1. The van der Waals surface area contributed by atoms with Crippen molar-refractivity contribution >= 4 is 11.9 Å². The highest BCUT2D eigenvalue weighted by Crippen LogP contribution is 2.17. The Bertz CT molecular complexity index is 1140. The molecule has 6 heteroatoms. The first-order valence-electron chi connectivity index (χ1n) is 27.5. The quantitative estimate of drug-likeness (QED) is 0.0321. The third-order valence-corrected chi connectivity index (χ3v) is 12.3. The number of hydrogen-bond acceptors (Lipinski definition) is 5. The molecule has 0 spiro atoms. The molecule has 3 unspecified atom stereocenters. The van der Waals surface area contributed by atoms with E-state index >= 15 is 0 Å². The number of esters is 1. The largest absolute Gasteiger partial charge is 0.462 e. The second-order valence-electron chi connectivity index (χ2n) is 18.6. The van der Waals surface area contributed by atoms with Crippen molar-refractivity contribution in [3.8, 4) is 0 Å². The van der Waals surface area contributed by atoms with Gasteiger partial charge in [0.15, 0.2) is 0 Å². The number of hydrogen-bond donors (Lipinski definition) is 3. The second-order valence-corrected chi connectivity index (χ2v) is 18.6. The Morgan fingerprint density at radius 2 is 0.812 bits per heavy atom. The molecule has 6 nitrogen and oxygen atoms in total. The molecule has 0 aliphatic carbocycles. The molecule has 0 radical (unpaired) electrons. The fourth-order valence-corrected chi connectivity index (χ4v) is 8.12. The van der Waals surface area contributed by atoms with Gasteiger partial charge in [0.05, 0.1) is 25.2 Å². The maximum Gasteiger partial charge on any atom is 0.306 e. The summed E-state index contributed by atoms with van der Waals surface area (Å²) < 4.78 is 5.91. The normalized spacial score (nSPS) is 13.6. The topological polar surface area (TPSA) is 95.9 Å². The van der Waals surface area contributed by atoms with Gasteiger partial charge in [-0.15, -0.1) is 0 Å². The van der Waals surface area contributed by atoms with Crippen LogP contribution in [0.15, 0.2) is 60.8 Å². The Hall–Kier alpha value is -2.44. The molecule has 0 heterocycles. The van der Waals surface area contributed by atoms with Crippen LogP contribution in [-0.4, -0.2) is 46.9 Å². The molecule has 0 aromatic heterocycles. The molecular weight excluding hydrogens is 791 g/mol. The monoisotopic (exact) mass is 896 g/mol. The minimum absolute atomic E-state index is 0.0337. The third kappa shape index (κ3) is 46.1. The molecule has 0 aliphatic rings. The van der Waals surface area contributed by atoms with Crippen LogP contribution >= 0.6 is 0 Å². The summed E-state index contributed by atoms with van der Waals surface area (Å²) in [7, 11) is 0. The van der Waals surface area contributed by atoms with Crippen molar-refractivity contribution in [3.05, 3.63) is 60.8 Å². The first kappa shape index (κ1) is 61.6. The maximum absolute atomic E-state index is 13.2. The maximum atomic E-state index is 13.2. The van der Waals surface area contributed by atoms with Gasteiger partial charge < -0.3 is 20.3 Å². The summed E-state index contributed by atoms with van der Waals surface area (Å²) >= 11 is 0. The van der Waals surface area contributed by atoms with Gasteiger partial charge in [0, 0.05) is 6.42 Å². The number of carbonyl (C=O) groups is 2. The molecular formula is C58H105NO5. The van der Waals surface area contributed by atoms with E-state index in [0.29, 0.717) is 19.3 Å². The van der Waals surface area contributed by atoms with Gasteiger partial charge >= 0.3 is 5.97 Å². The highest BCUT2D eigenvalue weighted by Gasteiger charge is 2.24. The average Bonchev–Trinajstić information content (AvgIpc) is 3.29. The van der Waals surface area contributed by atoms with Crippen LogP contribution in [0.5, 0.6) is 0 Å². The molecule has 0 aromatic carbocycles. The molecule has 0 rings (SSSR count). The van der Waals surface area contributed by atoms with E-state index in [4.69, 9.17) is 4.74 Å². The lowest BCUT2D eigenvalue weighted by Gasteiger charge is -2.24. The molecule has 64 heavy (non-hydrogen) atoms. The van der Waals surface area contributed by atoms with Crippen molar-refractivity contribution in [2.24, 2.45) is 0 Å². The van der Waals surface area contributed by atoms with E-state index in [2.05, 4.69) is 86.8 Å². The zero-order chi connectivity index (χ0) is 46.7. The molecule has 3 atom stereocenters. The SMILES string of the molecule is CCCCC/C=C\C/C=C\C/C=C\C/C=C\CCCC(CC(=O)NC(CO)C(O)CCCCCCCCCCCCCCCCC)OC(=O)CCCCC/C=C\CCCCCCCC. The number of nitrogens with one attached hydrogen (secondary N) is 1. The van der Waals surface area contributed by atoms with Gasteiger partial charge in [-0.1, -0.05) is 229 Å². The molecule has 0 aromatic rings. The first-order valence-corrected chi connectivity index (χ1v) is 27.5. The van der Waals surface area contributed by atoms with Crippen LogP contribution < -0.4 is 5.32 Å². The molecule has 372 valence electrons. The van der Waals surface area contributed by atoms with E-state index in [1.807, 2.05) is 0 Å². The minimum atomic E-state index is -0.806. The van der Waals surface area contributed by atoms with Crippen LogP contribution in [0.3, 0.4) is 0 Å². The van der Waals surface area contributed by atoms with Gasteiger partial charge in [-0.3, -0.25) is 9.59 Å². The van der Waals surface area contributed by atoms with Gasteiger partial charge in [-0.2, -0.15) is 0 Å². The average molecular weight is 896 g/mol. The van der Waals surface area contributed by atoms with E-state index in [-0.39, 0.29) is 24.9 Å². The lowest BCUT2D eigenvalue weighted by atomic mass is 10.0. The highest BCUT2D eigenvalue weighted by atomic mass is 16.5. The van der Waals surface area contributed by atoms with Gasteiger partial charge in [0.25, 0.3) is 0 Å². The number of allylic oxidation sites excluding steroid dienone is 10. The zero-order valence-electron chi connectivity index (χ0n) is 42.4. The van der Waals surface area contributed by atoms with E-state index in [0.717, 1.165) is 83.5 Å². The first-order chi connectivity index (χ1) is 31.5. The van der Waals surface area contributed by atoms with Crippen molar-refractivity contribution in [3.63, 3.8) is 0 Å². The lowest BCUT2D eigenvalue weighted by Crippen LogP contribution is -2.46. The Balaban J connectivity index is 4.68. The standard InChI is InChI=1S/C58H105NO5/c1-4-7-10-13-16-19-22-25-27-28-30-32-34-37-40-43-46-49-54(64-58(63)51-48-45-42-39-36-31-24-21-18-15-12-9-6-3)52-57(62)59-55(53-60)56(61)50-47-44-41-38-35-33-29-26-23-20-17-14-11-8-5-2/h16,19,25,27,30-32,36-37,40,54-56,60-61H,4-15,17-18,20-24,26,28-29,33-35,38-39,41-53H2,1-3H3,(H,59,62)/b19-16-,27-25-,32-30-,36-31-,40-37-. The number of aliphatic hydroxyl groups excluding tert-OH is 2. The summed E-state index contributed by atoms with van der Waals surface area (Å²) in [6, 6.07) is -0.723. The zero-order valence-corrected chi connectivity index (χ0v) is 42.4. The van der Waals surface area contributed by atoms with Gasteiger partial charge in [0.1, 0.15) is 6.10 Å². The number of carbonyl (C=O) groups excluding carboxylic acids is 2. The number of rotatable bonds is 49. The summed E-state index contributed by atoms with van der Waals surface area (Å²) in [5.41, 5.74) is 0. The van der Waals surface area contributed by atoms with Crippen LogP contribution in [-0.2, 0) is 14.3 Å². The third-order valence-electron chi connectivity index (χ3n) is 12.3. The number of unbranched alkanes of at least 4 members (excludes halogenated alkanes) is 27. The molecule has 3 N–H and O–H groups in total. The predicted molar refractivity (Wildman–Crippen MR) is 278 cm³/mol. The van der Waals surface area contributed by atoms with Gasteiger partial charge in [-0.05, 0) is 89.9 Å². The Morgan fingerprint density at radius 1 is 0.453 bits per heavy atom. The summed E-state index contributed by atoms with van der Waals surface area (Å²) in [5, 5.41) is 23.8. The molecule has 0 saturated heterocycles. The van der Waals surface area contributed by atoms with E-state index in [1.165, 1.54) is 141 Å². The van der Waals surface area contributed by atoms with Crippen LogP contribution in [0.1, 0.15) is 271 Å². The number of aliphatic hydroxyl groups is 2. The van der Waals surface area contributed by atoms with Crippen molar-refractivity contribution in [2.75, 3.05) is 6.61 Å². The Labute approximate surface area is 397 Å². The summed E-state index contributed by atoms with van der Waals surface area (Å²) in [6.07, 6.45) is 64.3. The number of amides is 1. The van der Waals surface area contributed by atoms with Crippen molar-refractivity contribution in [1.82, 2.24) is 5.32 Å². The fourth-order valence-electron chi connectivity index (χ4n) is 8.12. The predicted octanol–water partition coefficient (Wildman–Crippen LogP) is 16.8. The van der Waals surface area contributed by atoms with Crippen molar-refractivity contribution < 1.29 is 24.5 Å². The Morgan fingerprint density at radius 3 is 1.28 bits per heavy atom. The molecule has 0 saturated carbocycles. The lowest BCUT2D eigenvalue weighted by molar-refractivity contribution is -0.151. The van der Waals surface area contributed by atoms with Crippen LogP contribution in [0, 0.1) is 0 Å². The highest BCUT2D eigenvalue weighted by molar-refractivity contribution is 5.77. The fraction of sp³-hybridized carbons (Fsp3) is 0.793. The van der Waals surface area contributed by atoms with Crippen molar-refractivity contribution in [2.45, 2.75) is 289 Å². The summed E-state index contributed by atoms with van der Waals surface area (Å²) in [6.45, 7) is 6.44. The molecule has 0 aliphatic heterocycles. The smallest absolute Gasteiger partial charge is 0.306 e. The molecule has 0 bridgehead atoms. The van der Waals surface area contributed by atoms with E-state index in [1.54, 1.807) is 0 Å². The van der Waals surface area contributed by atoms with Gasteiger partial charge in [-0.25, -0.2) is 0 Å². The van der Waals surface area contributed by atoms with E-state index < -0.39 is 18.2 Å². The molecule has 0 fully saturated rings. The van der Waals surface area contributed by atoms with E-state index in [9.17, 15) is 19.8 Å². The van der Waals surface area contributed by atoms with Gasteiger partial charge in [0.2, 0.25) is 5.91 Å². The second kappa shape index (κ2) is 51.5.